The van der Waals surface area contributed by atoms with Crippen LogP contribution in [0.4, 0.5) is 0 Å². The molecule has 0 spiro atoms. The molecule has 0 unspecified atom stereocenters. The second kappa shape index (κ2) is 8.83. The van der Waals surface area contributed by atoms with E-state index >= 15 is 0 Å². The Balaban J connectivity index is 1.74. The van der Waals surface area contributed by atoms with Crippen LogP contribution in [0, 0.1) is 0 Å². The number of aromatic nitrogens is 2. The van der Waals surface area contributed by atoms with Crippen molar-refractivity contribution in [3.8, 4) is 0 Å². The first kappa shape index (κ1) is 20.3. The van der Waals surface area contributed by atoms with Crippen LogP contribution in [-0.4, -0.2) is 15.1 Å². The molecule has 0 amide bonds. The number of benzene rings is 3. The van der Waals surface area contributed by atoms with Crippen molar-refractivity contribution in [1.82, 2.24) is 9.30 Å². The Morgan fingerprint density at radius 2 is 1.52 bits per heavy atom. The molecule has 0 bridgehead atoms. The van der Waals surface area contributed by atoms with Crippen LogP contribution in [0.5, 0.6) is 0 Å². The fourth-order valence-corrected chi connectivity index (χ4v) is 3.46. The molecule has 0 radical (unpaired) electrons. The number of fused-ring (bicyclic) bond motifs is 1. The van der Waals surface area contributed by atoms with Crippen LogP contribution in [0.15, 0.2) is 88.5 Å². The van der Waals surface area contributed by atoms with Crippen molar-refractivity contribution >= 4 is 16.7 Å². The number of rotatable bonds is 7. The van der Waals surface area contributed by atoms with Crippen molar-refractivity contribution in [1.29, 1.82) is 0 Å². The first-order chi connectivity index (χ1) is 15.1. The van der Waals surface area contributed by atoms with E-state index in [2.05, 4.69) is 0 Å². The number of nitrogens with zero attached hydrogens (tertiary/aromatic N) is 2. The number of ketones is 1. The topological polar surface area (TPSA) is 70.3 Å². The van der Waals surface area contributed by atoms with Gasteiger partial charge in [0, 0.05) is 12.0 Å². The SMILES string of the molecule is CCC(=O)c1ccc(Cn2c(=O)n(OCc3ccccc3)c(=O)c3ccccc32)cc1. The summed E-state index contributed by atoms with van der Waals surface area (Å²) in [6.45, 7) is 2.16. The molecule has 1 heterocycles. The van der Waals surface area contributed by atoms with Gasteiger partial charge in [0.15, 0.2) is 5.78 Å². The largest absolute Gasteiger partial charge is 0.401 e. The molecule has 0 saturated heterocycles. The molecule has 1 aromatic heterocycles. The molecule has 6 heteroatoms. The van der Waals surface area contributed by atoms with Crippen molar-refractivity contribution in [2.45, 2.75) is 26.5 Å². The predicted octanol–water partition coefficient (Wildman–Crippen LogP) is 3.43. The first-order valence-electron chi connectivity index (χ1n) is 10.1. The van der Waals surface area contributed by atoms with Crippen molar-refractivity contribution in [3.05, 3.63) is 116 Å². The van der Waals surface area contributed by atoms with E-state index in [0.717, 1.165) is 15.9 Å². The third kappa shape index (κ3) is 4.19. The number of para-hydroxylation sites is 1. The Labute approximate surface area is 178 Å². The molecule has 4 rings (SSSR count). The van der Waals surface area contributed by atoms with Crippen LogP contribution in [0.2, 0.25) is 0 Å². The Hall–Kier alpha value is -3.93. The summed E-state index contributed by atoms with van der Waals surface area (Å²) in [4.78, 5) is 43.6. The smallest absolute Gasteiger partial charge is 0.365 e. The molecule has 0 aliphatic rings. The normalized spacial score (nSPS) is 10.9. The van der Waals surface area contributed by atoms with E-state index in [1.54, 1.807) is 36.4 Å². The standard InChI is InChI=1S/C25H22N2O4/c1-2-23(28)20-14-12-18(13-15-20)16-26-22-11-7-6-10-21(22)24(29)27(25(26)30)31-17-19-8-4-3-5-9-19/h3-15H,2,16-17H2,1H3. The van der Waals surface area contributed by atoms with E-state index < -0.39 is 11.2 Å². The van der Waals surface area contributed by atoms with Gasteiger partial charge in [-0.3, -0.25) is 14.2 Å². The van der Waals surface area contributed by atoms with Crippen molar-refractivity contribution in [2.24, 2.45) is 0 Å². The summed E-state index contributed by atoms with van der Waals surface area (Å²) in [6, 6.07) is 23.5. The van der Waals surface area contributed by atoms with Gasteiger partial charge in [0.2, 0.25) is 0 Å². The molecule has 0 aliphatic carbocycles. The minimum absolute atomic E-state index is 0.0667. The number of hydrogen-bond donors (Lipinski definition) is 0. The summed E-state index contributed by atoms with van der Waals surface area (Å²) >= 11 is 0. The summed E-state index contributed by atoms with van der Waals surface area (Å²) in [7, 11) is 0. The van der Waals surface area contributed by atoms with Gasteiger partial charge in [0.25, 0.3) is 5.56 Å². The van der Waals surface area contributed by atoms with Gasteiger partial charge in [-0.25, -0.2) is 4.79 Å². The minimum atomic E-state index is -0.548. The van der Waals surface area contributed by atoms with Crippen LogP contribution >= 0.6 is 0 Å². The third-order valence-corrected chi connectivity index (χ3v) is 5.16. The maximum Gasteiger partial charge on any atom is 0.365 e. The Morgan fingerprint density at radius 3 is 2.23 bits per heavy atom. The Bertz CT molecular complexity index is 1340. The highest BCUT2D eigenvalue weighted by Gasteiger charge is 2.14. The molecule has 3 aromatic carbocycles. The molecule has 31 heavy (non-hydrogen) atoms. The van der Waals surface area contributed by atoms with Gasteiger partial charge < -0.3 is 4.84 Å². The molecular formula is C25H22N2O4. The molecule has 4 aromatic rings. The number of carbonyl (C=O) groups excluding carboxylic acids is 1. The average Bonchev–Trinajstić information content (AvgIpc) is 2.82. The lowest BCUT2D eigenvalue weighted by Crippen LogP contribution is -2.43. The van der Waals surface area contributed by atoms with Crippen molar-refractivity contribution in [2.75, 3.05) is 0 Å². The summed E-state index contributed by atoms with van der Waals surface area (Å²) in [5.41, 5.74) is 1.83. The van der Waals surface area contributed by atoms with E-state index in [9.17, 15) is 14.4 Å². The van der Waals surface area contributed by atoms with Gasteiger partial charge in [-0.05, 0) is 23.3 Å². The van der Waals surface area contributed by atoms with Crippen LogP contribution in [0.3, 0.4) is 0 Å². The molecule has 0 aliphatic heterocycles. The lowest BCUT2D eigenvalue weighted by atomic mass is 10.1. The Morgan fingerprint density at radius 1 is 0.839 bits per heavy atom. The van der Waals surface area contributed by atoms with Gasteiger partial charge in [-0.2, -0.15) is 0 Å². The van der Waals surface area contributed by atoms with Crippen molar-refractivity contribution < 1.29 is 9.63 Å². The summed E-state index contributed by atoms with van der Waals surface area (Å²) in [5, 5.41) is 0.396. The number of carbonyl (C=O) groups is 1. The van der Waals surface area contributed by atoms with E-state index in [-0.39, 0.29) is 18.9 Å². The monoisotopic (exact) mass is 414 g/mol. The van der Waals surface area contributed by atoms with Crippen LogP contribution < -0.4 is 16.1 Å². The van der Waals surface area contributed by atoms with Gasteiger partial charge in [-0.1, -0.05) is 78.4 Å². The molecule has 0 N–H and O–H groups in total. The highest BCUT2D eigenvalue weighted by Crippen LogP contribution is 2.12. The maximum absolute atomic E-state index is 13.2. The van der Waals surface area contributed by atoms with Crippen molar-refractivity contribution in [3.63, 3.8) is 0 Å². The minimum Gasteiger partial charge on any atom is -0.401 e. The van der Waals surface area contributed by atoms with Gasteiger partial charge in [-0.15, -0.1) is 0 Å². The second-order valence-electron chi connectivity index (χ2n) is 7.22. The number of Topliss-reactive ketones (excluding diaryl/α,β-unsaturated/α-hetero) is 1. The summed E-state index contributed by atoms with van der Waals surface area (Å²) in [5.74, 6) is 0.0667. The van der Waals surface area contributed by atoms with Gasteiger partial charge in [0.1, 0.15) is 6.61 Å². The fraction of sp³-hybridized carbons (Fsp3) is 0.160. The first-order valence-corrected chi connectivity index (χ1v) is 10.1. The summed E-state index contributed by atoms with van der Waals surface area (Å²) in [6.07, 6.45) is 0.438. The van der Waals surface area contributed by atoms with Gasteiger partial charge >= 0.3 is 5.69 Å². The average molecular weight is 414 g/mol. The van der Waals surface area contributed by atoms with E-state index in [4.69, 9.17) is 4.84 Å². The Kier molecular flexibility index (Phi) is 5.80. The fourth-order valence-electron chi connectivity index (χ4n) is 3.46. The van der Waals surface area contributed by atoms with Crippen LogP contribution in [-0.2, 0) is 13.2 Å². The zero-order chi connectivity index (χ0) is 21.8. The summed E-state index contributed by atoms with van der Waals surface area (Å²) < 4.78 is 2.34. The quantitative estimate of drug-likeness (QED) is 0.435. The number of hydrogen-bond acceptors (Lipinski definition) is 4. The van der Waals surface area contributed by atoms with E-state index in [1.165, 1.54) is 4.57 Å². The highest BCUT2D eigenvalue weighted by atomic mass is 16.7. The molecule has 0 fully saturated rings. The van der Waals surface area contributed by atoms with E-state index in [1.807, 2.05) is 49.4 Å². The van der Waals surface area contributed by atoms with Crippen LogP contribution in [0.1, 0.15) is 34.8 Å². The lowest BCUT2D eigenvalue weighted by Gasteiger charge is -2.15. The van der Waals surface area contributed by atoms with Gasteiger partial charge in [0.05, 0.1) is 17.4 Å². The zero-order valence-electron chi connectivity index (χ0n) is 17.2. The highest BCUT2D eigenvalue weighted by molar-refractivity contribution is 5.95. The van der Waals surface area contributed by atoms with Crippen LogP contribution in [0.25, 0.3) is 10.9 Å². The lowest BCUT2D eigenvalue weighted by molar-refractivity contribution is 0.0776. The molecule has 156 valence electrons. The third-order valence-electron chi connectivity index (χ3n) is 5.16. The predicted molar refractivity (Wildman–Crippen MR) is 119 cm³/mol. The molecular weight excluding hydrogens is 392 g/mol. The van der Waals surface area contributed by atoms with E-state index in [0.29, 0.717) is 22.9 Å². The molecule has 6 nitrogen and oxygen atoms in total. The molecule has 0 atom stereocenters. The second-order valence-corrected chi connectivity index (χ2v) is 7.22. The zero-order valence-corrected chi connectivity index (χ0v) is 17.2. The maximum atomic E-state index is 13.2. The molecule has 0 saturated carbocycles.